The van der Waals surface area contributed by atoms with Crippen molar-refractivity contribution in [3.8, 4) is 0 Å². The van der Waals surface area contributed by atoms with Crippen molar-refractivity contribution in [1.82, 2.24) is 0 Å². The maximum atomic E-state index is 9.08. The van der Waals surface area contributed by atoms with E-state index in [2.05, 4.69) is 45.0 Å². The molecule has 0 aliphatic rings. The minimum absolute atomic E-state index is 0.157. The molecular weight excluding hydrogens is 172 g/mol. The monoisotopic (exact) mass is 190 g/mol. The van der Waals surface area contributed by atoms with E-state index in [0.717, 1.165) is 12.0 Å². The fraction of sp³-hybridized carbons (Fsp3) is 0.385. The summed E-state index contributed by atoms with van der Waals surface area (Å²) in [5, 5.41) is 9.08. The SMILES string of the molecule is CCC(=Cc1cc(C)ccc1C)CO. The predicted octanol–water partition coefficient (Wildman–Crippen LogP) is 3.09. The molecule has 0 fully saturated rings. The number of benzene rings is 1. The Morgan fingerprint density at radius 1 is 1.36 bits per heavy atom. The summed E-state index contributed by atoms with van der Waals surface area (Å²) in [6.45, 7) is 6.40. The van der Waals surface area contributed by atoms with Gasteiger partial charge in [-0.2, -0.15) is 0 Å². The first kappa shape index (κ1) is 11.0. The highest BCUT2D eigenvalue weighted by Gasteiger charge is 1.97. The Balaban J connectivity index is 3.06. The van der Waals surface area contributed by atoms with Crippen molar-refractivity contribution in [3.05, 3.63) is 40.5 Å². The van der Waals surface area contributed by atoms with Crippen LogP contribution >= 0.6 is 0 Å². The van der Waals surface area contributed by atoms with Gasteiger partial charge in [-0.3, -0.25) is 0 Å². The zero-order chi connectivity index (χ0) is 10.6. The maximum absolute atomic E-state index is 9.08. The van der Waals surface area contributed by atoms with E-state index in [1.165, 1.54) is 16.7 Å². The van der Waals surface area contributed by atoms with E-state index < -0.39 is 0 Å². The Labute approximate surface area is 86.1 Å². The molecule has 0 aliphatic carbocycles. The largest absolute Gasteiger partial charge is 0.392 e. The van der Waals surface area contributed by atoms with Gasteiger partial charge in [-0.05, 0) is 37.0 Å². The van der Waals surface area contributed by atoms with Gasteiger partial charge in [0.2, 0.25) is 0 Å². The number of aryl methyl sites for hydroxylation is 2. The van der Waals surface area contributed by atoms with Crippen LogP contribution in [-0.4, -0.2) is 11.7 Å². The fourth-order valence-corrected chi connectivity index (χ4v) is 1.39. The summed E-state index contributed by atoms with van der Waals surface area (Å²) in [7, 11) is 0. The summed E-state index contributed by atoms with van der Waals surface area (Å²) in [5.41, 5.74) is 4.82. The van der Waals surface area contributed by atoms with Gasteiger partial charge >= 0.3 is 0 Å². The van der Waals surface area contributed by atoms with Crippen LogP contribution in [0.25, 0.3) is 6.08 Å². The van der Waals surface area contributed by atoms with Gasteiger partial charge in [-0.1, -0.05) is 36.8 Å². The van der Waals surface area contributed by atoms with Crippen molar-refractivity contribution < 1.29 is 5.11 Å². The second-order valence-corrected chi connectivity index (χ2v) is 3.67. The molecule has 76 valence electrons. The molecule has 0 amide bonds. The van der Waals surface area contributed by atoms with Crippen molar-refractivity contribution in [2.24, 2.45) is 0 Å². The predicted molar refractivity (Wildman–Crippen MR) is 61.3 cm³/mol. The molecule has 1 heteroatoms. The van der Waals surface area contributed by atoms with Gasteiger partial charge in [0.25, 0.3) is 0 Å². The summed E-state index contributed by atoms with van der Waals surface area (Å²) in [5.74, 6) is 0. The molecule has 0 saturated heterocycles. The lowest BCUT2D eigenvalue weighted by atomic mass is 10.0. The highest BCUT2D eigenvalue weighted by atomic mass is 16.3. The molecule has 0 heterocycles. The molecule has 0 unspecified atom stereocenters. The molecule has 0 saturated carbocycles. The third-order valence-electron chi connectivity index (χ3n) is 2.45. The quantitative estimate of drug-likeness (QED) is 0.776. The fourth-order valence-electron chi connectivity index (χ4n) is 1.39. The van der Waals surface area contributed by atoms with Crippen molar-refractivity contribution in [3.63, 3.8) is 0 Å². The second-order valence-electron chi connectivity index (χ2n) is 3.67. The number of aliphatic hydroxyl groups excluding tert-OH is 1. The van der Waals surface area contributed by atoms with Gasteiger partial charge in [0, 0.05) is 0 Å². The summed E-state index contributed by atoms with van der Waals surface area (Å²) in [6, 6.07) is 6.38. The van der Waals surface area contributed by atoms with E-state index in [9.17, 15) is 0 Å². The van der Waals surface area contributed by atoms with E-state index in [4.69, 9.17) is 5.11 Å². The van der Waals surface area contributed by atoms with E-state index >= 15 is 0 Å². The van der Waals surface area contributed by atoms with Gasteiger partial charge in [-0.15, -0.1) is 0 Å². The molecule has 1 nitrogen and oxygen atoms in total. The van der Waals surface area contributed by atoms with Crippen LogP contribution < -0.4 is 0 Å². The van der Waals surface area contributed by atoms with Crippen LogP contribution in [0.2, 0.25) is 0 Å². The van der Waals surface area contributed by atoms with E-state index in [-0.39, 0.29) is 6.61 Å². The highest BCUT2D eigenvalue weighted by Crippen LogP contribution is 2.15. The molecule has 0 radical (unpaired) electrons. The molecule has 0 spiro atoms. The third kappa shape index (κ3) is 2.71. The van der Waals surface area contributed by atoms with Gasteiger partial charge in [0.1, 0.15) is 0 Å². The average molecular weight is 190 g/mol. The first-order chi connectivity index (χ1) is 6.67. The maximum Gasteiger partial charge on any atom is 0.0644 e. The number of hydrogen-bond acceptors (Lipinski definition) is 1. The first-order valence-electron chi connectivity index (χ1n) is 5.05. The molecule has 1 aromatic rings. The molecular formula is C13H18O. The number of hydrogen-bond donors (Lipinski definition) is 1. The van der Waals surface area contributed by atoms with Crippen LogP contribution in [-0.2, 0) is 0 Å². The van der Waals surface area contributed by atoms with Crippen LogP contribution in [0.5, 0.6) is 0 Å². The zero-order valence-electron chi connectivity index (χ0n) is 9.17. The topological polar surface area (TPSA) is 20.2 Å². The number of aliphatic hydroxyl groups is 1. The van der Waals surface area contributed by atoms with Gasteiger partial charge < -0.3 is 5.11 Å². The summed E-state index contributed by atoms with van der Waals surface area (Å²) >= 11 is 0. The molecule has 0 bridgehead atoms. The van der Waals surface area contributed by atoms with E-state index in [1.807, 2.05) is 0 Å². The molecule has 0 atom stereocenters. The summed E-state index contributed by atoms with van der Waals surface area (Å²) < 4.78 is 0. The lowest BCUT2D eigenvalue weighted by Gasteiger charge is -2.04. The summed E-state index contributed by atoms with van der Waals surface area (Å²) in [4.78, 5) is 0. The van der Waals surface area contributed by atoms with Crippen LogP contribution in [0.15, 0.2) is 23.8 Å². The Kier molecular flexibility index (Phi) is 3.90. The van der Waals surface area contributed by atoms with E-state index in [1.54, 1.807) is 0 Å². The van der Waals surface area contributed by atoms with Crippen molar-refractivity contribution in [2.45, 2.75) is 27.2 Å². The Hall–Kier alpha value is -1.08. The molecule has 1 aromatic carbocycles. The van der Waals surface area contributed by atoms with Crippen molar-refractivity contribution >= 4 is 6.08 Å². The normalized spacial score (nSPS) is 11.9. The van der Waals surface area contributed by atoms with Gasteiger partial charge in [-0.25, -0.2) is 0 Å². The second kappa shape index (κ2) is 4.97. The molecule has 14 heavy (non-hydrogen) atoms. The Morgan fingerprint density at radius 2 is 2.07 bits per heavy atom. The first-order valence-corrected chi connectivity index (χ1v) is 5.05. The van der Waals surface area contributed by atoms with Crippen LogP contribution in [0.1, 0.15) is 30.0 Å². The minimum Gasteiger partial charge on any atom is -0.392 e. The molecule has 0 aliphatic heterocycles. The third-order valence-corrected chi connectivity index (χ3v) is 2.45. The van der Waals surface area contributed by atoms with Crippen LogP contribution in [0.3, 0.4) is 0 Å². The highest BCUT2D eigenvalue weighted by molar-refractivity contribution is 5.57. The van der Waals surface area contributed by atoms with Crippen molar-refractivity contribution in [1.29, 1.82) is 0 Å². The zero-order valence-corrected chi connectivity index (χ0v) is 9.17. The van der Waals surface area contributed by atoms with E-state index in [0.29, 0.717) is 0 Å². The van der Waals surface area contributed by atoms with Gasteiger partial charge in [0.05, 0.1) is 6.61 Å². The Morgan fingerprint density at radius 3 is 2.64 bits per heavy atom. The van der Waals surface area contributed by atoms with Gasteiger partial charge in [0.15, 0.2) is 0 Å². The van der Waals surface area contributed by atoms with Crippen LogP contribution in [0.4, 0.5) is 0 Å². The molecule has 1 N–H and O–H groups in total. The van der Waals surface area contributed by atoms with Crippen LogP contribution in [0, 0.1) is 13.8 Å². The number of rotatable bonds is 3. The average Bonchev–Trinajstić information content (AvgIpc) is 2.19. The lowest BCUT2D eigenvalue weighted by molar-refractivity contribution is 0.329. The van der Waals surface area contributed by atoms with Crippen molar-refractivity contribution in [2.75, 3.05) is 6.61 Å². The smallest absolute Gasteiger partial charge is 0.0644 e. The summed E-state index contributed by atoms with van der Waals surface area (Å²) in [6.07, 6.45) is 2.99. The standard InChI is InChI=1S/C13H18O/c1-4-12(9-14)8-13-7-10(2)5-6-11(13)3/h5-8,14H,4,9H2,1-3H3. The molecule has 0 aromatic heterocycles. The Bertz CT molecular complexity index is 331. The molecule has 1 rings (SSSR count). The minimum atomic E-state index is 0.157. The lowest BCUT2D eigenvalue weighted by Crippen LogP contribution is -1.90.